The van der Waals surface area contributed by atoms with Crippen LogP contribution in [0.1, 0.15) is 25.7 Å². The Hall–Kier alpha value is -1.81. The van der Waals surface area contributed by atoms with Gasteiger partial charge in [-0.1, -0.05) is 11.6 Å². The maximum atomic E-state index is 12.3. The highest BCUT2D eigenvalue weighted by atomic mass is 35.5. The molecule has 0 spiro atoms. The van der Waals surface area contributed by atoms with E-state index in [2.05, 4.69) is 0 Å². The lowest BCUT2D eigenvalue weighted by atomic mass is 9.93. The summed E-state index contributed by atoms with van der Waals surface area (Å²) in [4.78, 5) is 25.8. The van der Waals surface area contributed by atoms with E-state index in [1.54, 1.807) is 0 Å². The third-order valence-corrected chi connectivity index (χ3v) is 3.87. The fourth-order valence-corrected chi connectivity index (χ4v) is 2.89. The van der Waals surface area contributed by atoms with Gasteiger partial charge in [-0.3, -0.25) is 9.59 Å². The van der Waals surface area contributed by atoms with E-state index in [9.17, 15) is 14.7 Å². The van der Waals surface area contributed by atoms with E-state index in [0.717, 1.165) is 17.7 Å². The van der Waals surface area contributed by atoms with E-state index < -0.39 is 0 Å². The fraction of sp³-hybridized carbons (Fsp3) is 0.286. The number of amides is 2. The molecule has 0 saturated carbocycles. The summed E-state index contributed by atoms with van der Waals surface area (Å²) in [7, 11) is 0. The highest BCUT2D eigenvalue weighted by molar-refractivity contribution is 6.39. The van der Waals surface area contributed by atoms with Crippen LogP contribution in [-0.4, -0.2) is 16.9 Å². The first-order chi connectivity index (χ1) is 9.09. The number of imide groups is 1. The number of anilines is 1. The van der Waals surface area contributed by atoms with Crippen molar-refractivity contribution in [1.29, 1.82) is 0 Å². The van der Waals surface area contributed by atoms with Gasteiger partial charge >= 0.3 is 0 Å². The number of aromatic hydroxyl groups is 1. The van der Waals surface area contributed by atoms with Gasteiger partial charge in [0, 0.05) is 17.2 Å². The standard InChI is InChI=1S/C14H12ClNO3/c15-11-7-8(17)5-6-12(11)16-13(18)9-3-1-2-4-10(9)14(16)19/h5-7,17H,1-4H2. The number of halogens is 1. The lowest BCUT2D eigenvalue weighted by molar-refractivity contribution is -0.120. The van der Waals surface area contributed by atoms with E-state index in [1.165, 1.54) is 18.2 Å². The zero-order chi connectivity index (χ0) is 13.6. The van der Waals surface area contributed by atoms with Gasteiger partial charge in [0.15, 0.2) is 0 Å². The van der Waals surface area contributed by atoms with Crippen LogP contribution in [0.2, 0.25) is 5.02 Å². The normalized spacial score (nSPS) is 19.1. The Morgan fingerprint density at radius 1 is 1.05 bits per heavy atom. The summed E-state index contributed by atoms with van der Waals surface area (Å²) >= 11 is 6.01. The lowest BCUT2D eigenvalue weighted by Crippen LogP contribution is -2.31. The Kier molecular flexibility index (Phi) is 2.82. The minimum absolute atomic E-state index is 0.00516. The summed E-state index contributed by atoms with van der Waals surface area (Å²) in [5.74, 6) is -0.537. The Morgan fingerprint density at radius 2 is 1.63 bits per heavy atom. The summed E-state index contributed by atoms with van der Waals surface area (Å²) in [5, 5.41) is 9.53. The molecule has 5 heteroatoms. The molecule has 3 rings (SSSR count). The van der Waals surface area contributed by atoms with Crippen LogP contribution in [0.5, 0.6) is 5.75 Å². The number of phenols is 1. The Balaban J connectivity index is 2.04. The van der Waals surface area contributed by atoms with Crippen LogP contribution < -0.4 is 4.90 Å². The minimum Gasteiger partial charge on any atom is -0.508 e. The van der Waals surface area contributed by atoms with Gasteiger partial charge in [-0.15, -0.1) is 0 Å². The molecule has 19 heavy (non-hydrogen) atoms. The average molecular weight is 278 g/mol. The molecule has 2 amide bonds. The van der Waals surface area contributed by atoms with Crippen molar-refractivity contribution in [3.8, 4) is 5.75 Å². The van der Waals surface area contributed by atoms with Crippen LogP contribution in [-0.2, 0) is 9.59 Å². The topological polar surface area (TPSA) is 57.6 Å². The van der Waals surface area contributed by atoms with Crippen LogP contribution in [0.25, 0.3) is 0 Å². The molecule has 0 aromatic heterocycles. The highest BCUT2D eigenvalue weighted by Crippen LogP contribution is 2.38. The predicted molar refractivity (Wildman–Crippen MR) is 71.1 cm³/mol. The van der Waals surface area contributed by atoms with Gasteiger partial charge in [-0.2, -0.15) is 0 Å². The smallest absolute Gasteiger partial charge is 0.261 e. The molecular formula is C14H12ClNO3. The Bertz CT molecular complexity index is 593. The van der Waals surface area contributed by atoms with Crippen molar-refractivity contribution in [3.05, 3.63) is 34.4 Å². The van der Waals surface area contributed by atoms with Crippen molar-refractivity contribution in [2.75, 3.05) is 4.90 Å². The van der Waals surface area contributed by atoms with Crippen LogP contribution >= 0.6 is 11.6 Å². The number of benzene rings is 1. The number of carbonyl (C=O) groups is 2. The lowest BCUT2D eigenvalue weighted by Gasteiger charge is -2.16. The third-order valence-electron chi connectivity index (χ3n) is 3.56. The molecule has 1 aromatic rings. The van der Waals surface area contributed by atoms with Crippen LogP contribution in [0.15, 0.2) is 29.3 Å². The molecule has 1 aromatic carbocycles. The van der Waals surface area contributed by atoms with Crippen molar-refractivity contribution < 1.29 is 14.7 Å². The number of hydrogen-bond acceptors (Lipinski definition) is 3. The largest absolute Gasteiger partial charge is 0.508 e. The molecule has 0 atom stereocenters. The van der Waals surface area contributed by atoms with E-state index >= 15 is 0 Å². The number of nitrogens with zero attached hydrogens (tertiary/aromatic N) is 1. The molecule has 2 aliphatic rings. The molecular weight excluding hydrogens is 266 g/mol. The van der Waals surface area contributed by atoms with Gasteiger partial charge in [-0.25, -0.2) is 4.90 Å². The maximum Gasteiger partial charge on any atom is 0.261 e. The van der Waals surface area contributed by atoms with Crippen molar-refractivity contribution in [3.63, 3.8) is 0 Å². The van der Waals surface area contributed by atoms with E-state index in [0.29, 0.717) is 29.7 Å². The molecule has 1 heterocycles. The Morgan fingerprint density at radius 3 is 2.16 bits per heavy atom. The molecule has 0 saturated heterocycles. The van der Waals surface area contributed by atoms with Crippen LogP contribution in [0, 0.1) is 0 Å². The van der Waals surface area contributed by atoms with Crippen LogP contribution in [0.4, 0.5) is 5.69 Å². The Labute approximate surface area is 115 Å². The summed E-state index contributed by atoms with van der Waals surface area (Å²) in [6.45, 7) is 0. The second-order valence-electron chi connectivity index (χ2n) is 4.75. The third kappa shape index (κ3) is 1.83. The minimum atomic E-state index is -0.271. The van der Waals surface area contributed by atoms with Crippen LogP contribution in [0.3, 0.4) is 0 Å². The summed E-state index contributed by atoms with van der Waals surface area (Å²) in [6, 6.07) is 4.24. The molecule has 0 fully saturated rings. The monoisotopic (exact) mass is 277 g/mol. The van der Waals surface area contributed by atoms with Crippen molar-refractivity contribution in [1.82, 2.24) is 0 Å². The average Bonchev–Trinajstić information content (AvgIpc) is 2.64. The van der Waals surface area contributed by atoms with Crippen molar-refractivity contribution in [2.45, 2.75) is 25.7 Å². The fourth-order valence-electron chi connectivity index (χ4n) is 2.64. The zero-order valence-corrected chi connectivity index (χ0v) is 10.9. The SMILES string of the molecule is O=C1C2=C(CCCC2)C(=O)N1c1ccc(O)cc1Cl. The van der Waals surface area contributed by atoms with E-state index in [4.69, 9.17) is 11.6 Å². The zero-order valence-electron chi connectivity index (χ0n) is 10.1. The van der Waals surface area contributed by atoms with Gasteiger partial charge < -0.3 is 5.11 Å². The first-order valence-electron chi connectivity index (χ1n) is 6.19. The van der Waals surface area contributed by atoms with Gasteiger partial charge in [0.2, 0.25) is 0 Å². The number of rotatable bonds is 1. The number of carbonyl (C=O) groups excluding carboxylic acids is 2. The molecule has 0 bridgehead atoms. The highest BCUT2D eigenvalue weighted by Gasteiger charge is 2.40. The summed E-state index contributed by atoms with van der Waals surface area (Å²) < 4.78 is 0. The molecule has 1 N–H and O–H groups in total. The molecule has 1 aliphatic heterocycles. The van der Waals surface area contributed by atoms with Gasteiger partial charge in [-0.05, 0) is 37.8 Å². The number of phenolic OH excluding ortho intramolecular Hbond substituents is 1. The number of hydrogen-bond donors (Lipinski definition) is 1. The van der Waals surface area contributed by atoms with Gasteiger partial charge in [0.25, 0.3) is 11.8 Å². The van der Waals surface area contributed by atoms with Crippen molar-refractivity contribution in [2.24, 2.45) is 0 Å². The quantitative estimate of drug-likeness (QED) is 0.803. The maximum absolute atomic E-state index is 12.3. The molecule has 1 aliphatic carbocycles. The van der Waals surface area contributed by atoms with Crippen molar-refractivity contribution >= 4 is 29.1 Å². The molecule has 4 nitrogen and oxygen atoms in total. The molecule has 0 unspecified atom stereocenters. The summed E-state index contributed by atoms with van der Waals surface area (Å²) in [6.07, 6.45) is 3.20. The van der Waals surface area contributed by atoms with Gasteiger partial charge in [0.1, 0.15) is 5.75 Å². The first-order valence-corrected chi connectivity index (χ1v) is 6.56. The predicted octanol–water partition coefficient (Wildman–Crippen LogP) is 2.79. The molecule has 98 valence electrons. The van der Waals surface area contributed by atoms with Gasteiger partial charge in [0.05, 0.1) is 10.7 Å². The van der Waals surface area contributed by atoms with E-state index in [-0.39, 0.29) is 22.6 Å². The molecule has 0 radical (unpaired) electrons. The first kappa shape index (κ1) is 12.2. The second kappa shape index (κ2) is 4.38. The second-order valence-corrected chi connectivity index (χ2v) is 5.15. The summed E-state index contributed by atoms with van der Waals surface area (Å²) in [5.41, 5.74) is 1.59. The van der Waals surface area contributed by atoms with E-state index in [1.807, 2.05) is 0 Å².